The molecule has 0 bridgehead atoms. The van der Waals surface area contributed by atoms with Crippen molar-refractivity contribution in [1.82, 2.24) is 4.90 Å². The number of urea groups is 1. The number of ether oxygens (including phenoxy) is 1. The fourth-order valence-corrected chi connectivity index (χ4v) is 3.84. The van der Waals surface area contributed by atoms with E-state index in [1.54, 1.807) is 49.4 Å². The van der Waals surface area contributed by atoms with E-state index in [-0.39, 0.29) is 19.6 Å². The number of benzene rings is 2. The van der Waals surface area contributed by atoms with Crippen LogP contribution in [-0.4, -0.2) is 41.4 Å². The van der Waals surface area contributed by atoms with Crippen LogP contribution in [-0.2, 0) is 20.9 Å². The molecule has 0 unspecified atom stereocenters. The number of carbonyl (C=O) groups excluding carboxylic acids is 4. The van der Waals surface area contributed by atoms with Crippen LogP contribution in [0.1, 0.15) is 35.0 Å². The second-order valence-corrected chi connectivity index (χ2v) is 8.07. The van der Waals surface area contributed by atoms with Gasteiger partial charge >= 0.3 is 12.0 Å². The highest BCUT2D eigenvalue weighted by Gasteiger charge is 2.47. The Hall–Kier alpha value is -4.40. The van der Waals surface area contributed by atoms with Gasteiger partial charge in [-0.2, -0.15) is 0 Å². The number of imide groups is 1. The summed E-state index contributed by atoms with van der Waals surface area (Å²) in [5.41, 5.74) is 2.09. The molecule has 9 nitrogen and oxygen atoms in total. The Bertz CT molecular complexity index is 1240. The van der Waals surface area contributed by atoms with Crippen molar-refractivity contribution in [3.63, 3.8) is 0 Å². The number of anilines is 2. The molecule has 4 rings (SSSR count). The molecule has 2 aromatic carbocycles. The van der Waals surface area contributed by atoms with Crippen molar-refractivity contribution in [1.29, 1.82) is 0 Å². The van der Waals surface area contributed by atoms with Crippen LogP contribution in [0.25, 0.3) is 0 Å². The quantitative estimate of drug-likeness (QED) is 0.388. The predicted octanol–water partition coefficient (Wildman–Crippen LogP) is 4.13. The van der Waals surface area contributed by atoms with Crippen LogP contribution in [0.4, 0.5) is 16.2 Å². The van der Waals surface area contributed by atoms with Crippen LogP contribution in [0.2, 0.25) is 0 Å². The van der Waals surface area contributed by atoms with Crippen LogP contribution < -0.4 is 10.2 Å². The molecule has 1 saturated heterocycles. The van der Waals surface area contributed by atoms with Crippen LogP contribution in [0, 0.1) is 6.92 Å². The van der Waals surface area contributed by atoms with Crippen molar-refractivity contribution in [2.45, 2.75) is 32.9 Å². The highest BCUT2D eigenvalue weighted by Crippen LogP contribution is 2.29. The molecule has 2 heterocycles. The minimum absolute atomic E-state index is 0.0379. The van der Waals surface area contributed by atoms with Crippen LogP contribution in [0.5, 0.6) is 0 Å². The highest BCUT2D eigenvalue weighted by molar-refractivity contribution is 6.22. The number of rotatable bonds is 8. The van der Waals surface area contributed by atoms with E-state index in [0.717, 1.165) is 10.5 Å². The average molecular weight is 476 g/mol. The van der Waals surface area contributed by atoms with Crippen molar-refractivity contribution in [3.8, 4) is 0 Å². The number of furan rings is 1. The van der Waals surface area contributed by atoms with Gasteiger partial charge in [0.2, 0.25) is 5.91 Å². The van der Waals surface area contributed by atoms with Gasteiger partial charge in [0.05, 0.1) is 37.1 Å². The largest absolute Gasteiger partial charge is 0.467 e. The Balaban J connectivity index is 1.54. The third kappa shape index (κ3) is 5.24. The Morgan fingerprint density at radius 2 is 1.83 bits per heavy atom. The van der Waals surface area contributed by atoms with Crippen LogP contribution in [0.15, 0.2) is 71.3 Å². The zero-order valence-electron chi connectivity index (χ0n) is 19.4. The minimum Gasteiger partial charge on any atom is -0.467 e. The average Bonchev–Trinajstić information content (AvgIpc) is 3.43. The first-order chi connectivity index (χ1) is 16.9. The van der Waals surface area contributed by atoms with Crippen LogP contribution in [0.3, 0.4) is 0 Å². The van der Waals surface area contributed by atoms with Crippen molar-refractivity contribution in [2.75, 3.05) is 16.8 Å². The maximum atomic E-state index is 13.3. The smallest absolute Gasteiger partial charge is 0.338 e. The summed E-state index contributed by atoms with van der Waals surface area (Å²) in [5.74, 6) is -0.990. The topological polar surface area (TPSA) is 109 Å². The van der Waals surface area contributed by atoms with Gasteiger partial charge in [-0.25, -0.2) is 14.5 Å². The standard InChI is InChI=1S/C26H25N3O6/c1-3-34-25(32)18-6-4-7-19(14-18)27-23(30)15-22-24(31)29(20-11-9-17(2)10-12-20)26(33)28(22)16-21-8-5-13-35-21/h4-14,22H,3,15-16H2,1-2H3,(H,27,30)/t22-/m0/s1. The number of carbonyl (C=O) groups is 4. The fourth-order valence-electron chi connectivity index (χ4n) is 3.84. The van der Waals surface area contributed by atoms with Crippen LogP contribution >= 0.6 is 0 Å². The van der Waals surface area contributed by atoms with E-state index >= 15 is 0 Å². The molecule has 0 radical (unpaired) electrons. The summed E-state index contributed by atoms with van der Waals surface area (Å²) in [6, 6.07) is 15.2. The summed E-state index contributed by atoms with van der Waals surface area (Å²) >= 11 is 0. The number of nitrogens with zero attached hydrogens (tertiary/aromatic N) is 2. The number of nitrogens with one attached hydrogen (secondary N) is 1. The summed E-state index contributed by atoms with van der Waals surface area (Å²) in [6.07, 6.45) is 1.21. The van der Waals surface area contributed by atoms with Gasteiger partial charge in [0.1, 0.15) is 11.8 Å². The monoisotopic (exact) mass is 475 g/mol. The van der Waals surface area contributed by atoms with Gasteiger partial charge in [-0.15, -0.1) is 0 Å². The Morgan fingerprint density at radius 1 is 1.06 bits per heavy atom. The molecule has 4 amide bonds. The molecule has 0 aliphatic carbocycles. The SMILES string of the molecule is CCOC(=O)c1cccc(NC(=O)C[C@H]2C(=O)N(c3ccc(C)cc3)C(=O)N2Cc2ccco2)c1. The summed E-state index contributed by atoms with van der Waals surface area (Å²) < 4.78 is 10.4. The molecule has 180 valence electrons. The third-order valence-electron chi connectivity index (χ3n) is 5.55. The highest BCUT2D eigenvalue weighted by atomic mass is 16.5. The summed E-state index contributed by atoms with van der Waals surface area (Å²) in [5, 5.41) is 2.70. The lowest BCUT2D eigenvalue weighted by Gasteiger charge is -2.20. The Kier molecular flexibility index (Phi) is 6.96. The lowest BCUT2D eigenvalue weighted by Crippen LogP contribution is -2.37. The molecular weight excluding hydrogens is 450 g/mol. The molecular formula is C26H25N3O6. The van der Waals surface area contributed by atoms with Gasteiger partial charge in [0, 0.05) is 5.69 Å². The normalized spacial score (nSPS) is 15.4. The first-order valence-corrected chi connectivity index (χ1v) is 11.2. The molecule has 0 saturated carbocycles. The van der Waals surface area contributed by atoms with Gasteiger partial charge in [-0.1, -0.05) is 23.8 Å². The molecule has 1 aliphatic rings. The van der Waals surface area contributed by atoms with E-state index in [1.165, 1.54) is 17.2 Å². The first-order valence-electron chi connectivity index (χ1n) is 11.2. The Labute approximate surface area is 202 Å². The van der Waals surface area contributed by atoms with Crippen molar-refractivity contribution in [3.05, 3.63) is 83.8 Å². The summed E-state index contributed by atoms with van der Waals surface area (Å²) in [4.78, 5) is 53.9. The van der Waals surface area contributed by atoms with Gasteiger partial charge in [0.25, 0.3) is 5.91 Å². The summed E-state index contributed by atoms with van der Waals surface area (Å²) in [7, 11) is 0. The number of esters is 1. The summed E-state index contributed by atoms with van der Waals surface area (Å²) in [6.45, 7) is 3.88. The van der Waals surface area contributed by atoms with Crippen molar-refractivity contribution >= 4 is 35.2 Å². The fraction of sp³-hybridized carbons (Fsp3) is 0.231. The second-order valence-electron chi connectivity index (χ2n) is 8.07. The van der Waals surface area contributed by atoms with E-state index in [1.807, 2.05) is 19.1 Å². The second kappa shape index (κ2) is 10.3. The van der Waals surface area contributed by atoms with Gasteiger partial charge in [-0.3, -0.25) is 9.59 Å². The first kappa shape index (κ1) is 23.7. The van der Waals surface area contributed by atoms with E-state index in [0.29, 0.717) is 22.7 Å². The molecule has 35 heavy (non-hydrogen) atoms. The lowest BCUT2D eigenvalue weighted by molar-refractivity contribution is -0.124. The van der Waals surface area contributed by atoms with E-state index in [4.69, 9.17) is 9.15 Å². The molecule has 1 N–H and O–H groups in total. The van der Waals surface area contributed by atoms with E-state index in [9.17, 15) is 19.2 Å². The predicted molar refractivity (Wildman–Crippen MR) is 128 cm³/mol. The molecule has 0 spiro atoms. The molecule has 1 aromatic heterocycles. The van der Waals surface area contributed by atoms with E-state index in [2.05, 4.69) is 5.32 Å². The van der Waals surface area contributed by atoms with E-state index < -0.39 is 29.9 Å². The van der Waals surface area contributed by atoms with Crippen molar-refractivity contribution in [2.24, 2.45) is 0 Å². The molecule has 1 atom stereocenters. The number of amides is 4. The molecule has 1 aliphatic heterocycles. The number of aryl methyl sites for hydroxylation is 1. The molecule has 9 heteroatoms. The van der Waals surface area contributed by atoms with Crippen molar-refractivity contribution < 1.29 is 28.3 Å². The maximum Gasteiger partial charge on any atom is 0.338 e. The maximum absolute atomic E-state index is 13.3. The van der Waals surface area contributed by atoms with Gasteiger partial charge in [0.15, 0.2) is 0 Å². The number of hydrogen-bond donors (Lipinski definition) is 1. The Morgan fingerprint density at radius 3 is 2.51 bits per heavy atom. The zero-order chi connectivity index (χ0) is 24.9. The number of hydrogen-bond acceptors (Lipinski definition) is 6. The lowest BCUT2D eigenvalue weighted by atomic mass is 10.1. The zero-order valence-corrected chi connectivity index (χ0v) is 19.4. The molecule has 1 fully saturated rings. The third-order valence-corrected chi connectivity index (χ3v) is 5.55. The minimum atomic E-state index is -1.03. The van der Waals surface area contributed by atoms with Gasteiger partial charge in [-0.05, 0) is 56.3 Å². The van der Waals surface area contributed by atoms with Gasteiger partial charge < -0.3 is 19.4 Å². The molecule has 3 aromatic rings.